The third kappa shape index (κ3) is 3.27. The lowest BCUT2D eigenvalue weighted by molar-refractivity contribution is 0.378. The van der Waals surface area contributed by atoms with Crippen molar-refractivity contribution in [3.63, 3.8) is 0 Å². The fourth-order valence-corrected chi connectivity index (χ4v) is 6.83. The maximum Gasteiger partial charge on any atom is 0.0541 e. The predicted octanol–water partition coefficient (Wildman–Crippen LogP) is 8.21. The number of rotatable bonds is 3. The number of hydrogen-bond acceptors (Lipinski definition) is 2. The van der Waals surface area contributed by atoms with Crippen LogP contribution < -0.4 is 5.32 Å². The first kappa shape index (κ1) is 20.0. The smallest absolute Gasteiger partial charge is 0.0541 e. The van der Waals surface area contributed by atoms with Crippen LogP contribution in [0.1, 0.15) is 35.2 Å². The van der Waals surface area contributed by atoms with Crippen LogP contribution in [0.5, 0.6) is 0 Å². The molecule has 34 heavy (non-hydrogen) atoms. The number of fused-ring (bicyclic) bond motifs is 4. The van der Waals surface area contributed by atoms with Crippen molar-refractivity contribution in [2.24, 2.45) is 0 Å². The molecule has 1 fully saturated rings. The van der Waals surface area contributed by atoms with Crippen LogP contribution >= 0.6 is 11.3 Å². The van der Waals surface area contributed by atoms with E-state index in [0.29, 0.717) is 12.0 Å². The molecule has 0 aliphatic carbocycles. The number of nitrogens with one attached hydrogen (secondary N) is 1. The van der Waals surface area contributed by atoms with Gasteiger partial charge in [0.1, 0.15) is 0 Å². The van der Waals surface area contributed by atoms with E-state index in [1.165, 1.54) is 60.9 Å². The van der Waals surface area contributed by atoms with Gasteiger partial charge in [0.15, 0.2) is 0 Å². The molecule has 7 rings (SSSR count). The molecule has 166 valence electrons. The van der Waals surface area contributed by atoms with Crippen molar-refractivity contribution in [2.75, 3.05) is 6.54 Å². The van der Waals surface area contributed by atoms with Gasteiger partial charge in [0, 0.05) is 38.6 Å². The van der Waals surface area contributed by atoms with Crippen LogP contribution in [0.4, 0.5) is 0 Å². The van der Waals surface area contributed by atoms with Crippen LogP contribution in [0.15, 0.2) is 103 Å². The van der Waals surface area contributed by atoms with Crippen molar-refractivity contribution in [2.45, 2.75) is 24.8 Å². The molecule has 0 saturated carbocycles. The van der Waals surface area contributed by atoms with Crippen molar-refractivity contribution in [3.05, 3.63) is 114 Å². The van der Waals surface area contributed by atoms with Gasteiger partial charge in [0.25, 0.3) is 0 Å². The van der Waals surface area contributed by atoms with Gasteiger partial charge < -0.3 is 9.88 Å². The van der Waals surface area contributed by atoms with E-state index in [1.807, 2.05) is 11.3 Å². The summed E-state index contributed by atoms with van der Waals surface area (Å²) in [5.41, 5.74) is 5.20. The van der Waals surface area contributed by atoms with E-state index in [2.05, 4.69) is 113 Å². The molecule has 1 aliphatic rings. The molecule has 0 bridgehead atoms. The van der Waals surface area contributed by atoms with Gasteiger partial charge in [-0.25, -0.2) is 0 Å². The van der Waals surface area contributed by atoms with Crippen LogP contribution in [0, 0.1) is 0 Å². The van der Waals surface area contributed by atoms with E-state index in [1.54, 1.807) is 0 Å². The minimum absolute atomic E-state index is 0.477. The monoisotopic (exact) mass is 458 g/mol. The average molecular weight is 459 g/mol. The number of piperidine rings is 1. The number of benzene rings is 4. The van der Waals surface area contributed by atoms with Gasteiger partial charge in [0.05, 0.1) is 11.0 Å². The lowest BCUT2D eigenvalue weighted by atomic mass is 9.88. The maximum atomic E-state index is 3.84. The van der Waals surface area contributed by atoms with Crippen LogP contribution in [0.2, 0.25) is 0 Å². The second-order valence-corrected chi connectivity index (χ2v) is 10.5. The SMILES string of the molecule is c1ccc2sc(C3CCC(c4ccc(-n5c6ccccc6c6ccccc65)cc4)CN3)cc2c1. The van der Waals surface area contributed by atoms with Gasteiger partial charge in [-0.2, -0.15) is 0 Å². The summed E-state index contributed by atoms with van der Waals surface area (Å²) in [6.45, 7) is 1.04. The number of aromatic nitrogens is 1. The van der Waals surface area contributed by atoms with Crippen molar-refractivity contribution in [1.82, 2.24) is 9.88 Å². The zero-order valence-electron chi connectivity index (χ0n) is 18.9. The average Bonchev–Trinajstić information content (AvgIpc) is 3.49. The normalized spacial score (nSPS) is 18.7. The molecular formula is C31H26N2S. The standard InChI is InChI=1S/C31H26N2S/c1-6-12-30-22(7-1)19-31(34-30)27-18-15-23(20-32-27)21-13-16-24(17-14-21)33-28-10-4-2-8-25(28)26-9-3-5-11-29(26)33/h1-14,16-17,19,23,27,32H,15,18,20H2. The Bertz CT molecular complexity index is 1530. The van der Waals surface area contributed by atoms with Gasteiger partial charge in [-0.15, -0.1) is 11.3 Å². The fourth-order valence-electron chi connectivity index (χ4n) is 5.65. The van der Waals surface area contributed by atoms with Crippen LogP contribution in [0.25, 0.3) is 37.6 Å². The molecule has 0 radical (unpaired) electrons. The largest absolute Gasteiger partial charge is 0.309 e. The lowest BCUT2D eigenvalue weighted by Gasteiger charge is -2.29. The molecule has 0 spiro atoms. The zero-order chi connectivity index (χ0) is 22.5. The minimum Gasteiger partial charge on any atom is -0.309 e. The number of para-hydroxylation sites is 2. The van der Waals surface area contributed by atoms with Crippen LogP contribution in [0.3, 0.4) is 0 Å². The molecule has 3 heteroatoms. The molecule has 3 heterocycles. The van der Waals surface area contributed by atoms with Gasteiger partial charge in [0.2, 0.25) is 0 Å². The first-order valence-electron chi connectivity index (χ1n) is 12.2. The third-order valence-corrected chi connectivity index (χ3v) is 8.64. The molecule has 1 N–H and O–H groups in total. The summed E-state index contributed by atoms with van der Waals surface area (Å²) < 4.78 is 3.78. The van der Waals surface area contributed by atoms with E-state index in [0.717, 1.165) is 6.54 Å². The van der Waals surface area contributed by atoms with Crippen molar-refractivity contribution in [1.29, 1.82) is 0 Å². The van der Waals surface area contributed by atoms with E-state index in [9.17, 15) is 0 Å². The zero-order valence-corrected chi connectivity index (χ0v) is 19.8. The summed E-state index contributed by atoms with van der Waals surface area (Å²) in [4.78, 5) is 1.47. The summed E-state index contributed by atoms with van der Waals surface area (Å²) in [6, 6.07) is 38.3. The Balaban J connectivity index is 1.14. The molecule has 2 aromatic heterocycles. The van der Waals surface area contributed by atoms with Gasteiger partial charge >= 0.3 is 0 Å². The summed E-state index contributed by atoms with van der Waals surface area (Å²) >= 11 is 1.94. The van der Waals surface area contributed by atoms with E-state index in [-0.39, 0.29) is 0 Å². The second kappa shape index (κ2) is 8.12. The molecule has 4 aromatic carbocycles. The summed E-state index contributed by atoms with van der Waals surface area (Å²) in [5.74, 6) is 0.567. The van der Waals surface area contributed by atoms with Crippen LogP contribution in [-0.2, 0) is 0 Å². The van der Waals surface area contributed by atoms with Crippen molar-refractivity contribution in [3.8, 4) is 5.69 Å². The molecule has 1 aliphatic heterocycles. The summed E-state index contributed by atoms with van der Waals surface area (Å²) in [7, 11) is 0. The third-order valence-electron chi connectivity index (χ3n) is 7.41. The highest BCUT2D eigenvalue weighted by molar-refractivity contribution is 7.19. The second-order valence-electron chi connectivity index (χ2n) is 9.38. The minimum atomic E-state index is 0.477. The first-order chi connectivity index (χ1) is 16.8. The molecular weight excluding hydrogens is 432 g/mol. The Morgan fingerprint density at radius 2 is 1.38 bits per heavy atom. The van der Waals surface area contributed by atoms with Gasteiger partial charge in [-0.1, -0.05) is 66.7 Å². The van der Waals surface area contributed by atoms with Gasteiger partial charge in [-0.05, 0) is 66.1 Å². The van der Waals surface area contributed by atoms with Crippen molar-refractivity contribution >= 4 is 43.2 Å². The Kier molecular flexibility index (Phi) is 4.78. The quantitative estimate of drug-likeness (QED) is 0.283. The molecule has 0 amide bonds. The highest BCUT2D eigenvalue weighted by Gasteiger charge is 2.24. The van der Waals surface area contributed by atoms with Crippen LogP contribution in [-0.4, -0.2) is 11.1 Å². The molecule has 2 unspecified atom stereocenters. The molecule has 2 atom stereocenters. The molecule has 2 nitrogen and oxygen atoms in total. The first-order valence-corrected chi connectivity index (χ1v) is 13.0. The Morgan fingerprint density at radius 1 is 0.706 bits per heavy atom. The highest BCUT2D eigenvalue weighted by Crippen LogP contribution is 2.37. The summed E-state index contributed by atoms with van der Waals surface area (Å²) in [5, 5.41) is 7.83. The lowest BCUT2D eigenvalue weighted by Crippen LogP contribution is -2.31. The molecule has 1 saturated heterocycles. The highest BCUT2D eigenvalue weighted by atomic mass is 32.1. The summed E-state index contributed by atoms with van der Waals surface area (Å²) in [6.07, 6.45) is 2.41. The van der Waals surface area contributed by atoms with Gasteiger partial charge in [-0.3, -0.25) is 0 Å². The number of nitrogens with zero attached hydrogens (tertiary/aromatic N) is 1. The topological polar surface area (TPSA) is 17.0 Å². The van der Waals surface area contributed by atoms with E-state index >= 15 is 0 Å². The maximum absolute atomic E-state index is 3.84. The number of hydrogen-bond donors (Lipinski definition) is 1. The Morgan fingerprint density at radius 3 is 2.06 bits per heavy atom. The fraction of sp³-hybridized carbons (Fsp3) is 0.161. The Labute approximate surface area is 203 Å². The van der Waals surface area contributed by atoms with E-state index in [4.69, 9.17) is 0 Å². The predicted molar refractivity (Wildman–Crippen MR) is 145 cm³/mol. The number of thiophene rings is 1. The molecule has 6 aromatic rings. The Hall–Kier alpha value is -3.40. The van der Waals surface area contributed by atoms with E-state index < -0.39 is 0 Å². The van der Waals surface area contributed by atoms with Crippen molar-refractivity contribution < 1.29 is 0 Å².